The molecule has 0 aliphatic carbocycles. The molecule has 40 heavy (non-hydrogen) atoms. The van der Waals surface area contributed by atoms with Gasteiger partial charge in [0.15, 0.2) is 11.5 Å². The Bertz CT molecular complexity index is 1540. The maximum absolute atomic E-state index is 13.6. The third-order valence-electron chi connectivity index (χ3n) is 6.55. The summed E-state index contributed by atoms with van der Waals surface area (Å²) < 4.78 is 5.31. The summed E-state index contributed by atoms with van der Waals surface area (Å²) in [6.07, 6.45) is 0. The molecular formula is C31H30N4O4S. The molecule has 0 bridgehead atoms. The van der Waals surface area contributed by atoms with Crippen molar-refractivity contribution >= 4 is 35.0 Å². The second-order valence-corrected chi connectivity index (χ2v) is 10.3. The number of rotatable bonds is 8. The summed E-state index contributed by atoms with van der Waals surface area (Å²) in [5.74, 6) is -1.16. The van der Waals surface area contributed by atoms with E-state index in [1.54, 1.807) is 31.2 Å². The molecule has 0 fully saturated rings. The van der Waals surface area contributed by atoms with Crippen molar-refractivity contribution in [2.24, 2.45) is 0 Å². The molecule has 0 unspecified atom stereocenters. The van der Waals surface area contributed by atoms with Gasteiger partial charge in [0.2, 0.25) is 5.91 Å². The van der Waals surface area contributed by atoms with Crippen LogP contribution in [0.3, 0.4) is 0 Å². The average molecular weight is 555 g/mol. The van der Waals surface area contributed by atoms with Crippen LogP contribution in [-0.4, -0.2) is 29.8 Å². The molecule has 1 heterocycles. The third-order valence-corrected chi connectivity index (χ3v) is 7.57. The number of carbonyl (C=O) groups excluding carboxylic acids is 2. The van der Waals surface area contributed by atoms with Crippen LogP contribution in [0.15, 0.2) is 88.6 Å². The highest BCUT2D eigenvalue weighted by molar-refractivity contribution is 8.03. The minimum absolute atomic E-state index is 0.0474. The maximum atomic E-state index is 13.6. The lowest BCUT2D eigenvalue weighted by atomic mass is 9.82. The largest absolute Gasteiger partial charge is 0.504 e. The second kappa shape index (κ2) is 12.5. The van der Waals surface area contributed by atoms with Crippen LogP contribution < -0.4 is 20.7 Å². The quantitative estimate of drug-likeness (QED) is 0.281. The van der Waals surface area contributed by atoms with Crippen molar-refractivity contribution in [3.8, 4) is 17.6 Å². The van der Waals surface area contributed by atoms with E-state index in [0.717, 1.165) is 16.8 Å². The summed E-state index contributed by atoms with van der Waals surface area (Å²) in [6.45, 7) is 5.62. The first-order valence-electron chi connectivity index (χ1n) is 12.6. The number of nitrogens with zero attached hydrogens (tertiary/aromatic N) is 1. The minimum atomic E-state index is -0.770. The first kappa shape index (κ1) is 28.3. The number of thioether (sulfide) groups is 1. The van der Waals surface area contributed by atoms with Crippen molar-refractivity contribution in [2.75, 3.05) is 23.5 Å². The van der Waals surface area contributed by atoms with Gasteiger partial charge < -0.3 is 25.8 Å². The van der Waals surface area contributed by atoms with E-state index >= 15 is 0 Å². The van der Waals surface area contributed by atoms with Gasteiger partial charge in [0.1, 0.15) is 0 Å². The molecule has 0 saturated carbocycles. The van der Waals surface area contributed by atoms with Crippen LogP contribution in [0.25, 0.3) is 0 Å². The molecule has 0 aromatic heterocycles. The standard InChI is InChI=1S/C31H30N4O4S/c1-18-9-8-10-19(2)29(18)35-26(37)17-40-31-23(16-32)28(21-13-14-24(36)25(15-21)39-4)27(20(3)33-31)30(38)34-22-11-6-5-7-12-22/h5-15,28,33,36H,17H2,1-4H3,(H,34,38)(H,35,37)/t28-/m1/s1. The molecule has 1 atom stereocenters. The summed E-state index contributed by atoms with van der Waals surface area (Å²) in [6, 6.07) is 21.8. The highest BCUT2D eigenvalue weighted by Crippen LogP contribution is 2.43. The number of hydrogen-bond donors (Lipinski definition) is 4. The fourth-order valence-corrected chi connectivity index (χ4v) is 5.47. The van der Waals surface area contributed by atoms with E-state index < -0.39 is 5.92 Å². The number of nitriles is 1. The Balaban J connectivity index is 1.68. The number of anilines is 2. The van der Waals surface area contributed by atoms with Crippen molar-refractivity contribution in [1.82, 2.24) is 5.32 Å². The van der Waals surface area contributed by atoms with Crippen molar-refractivity contribution in [3.63, 3.8) is 0 Å². The van der Waals surface area contributed by atoms with Crippen LogP contribution in [-0.2, 0) is 9.59 Å². The molecule has 4 N–H and O–H groups in total. The number of aryl methyl sites for hydroxylation is 2. The van der Waals surface area contributed by atoms with Gasteiger partial charge in [0, 0.05) is 22.6 Å². The predicted molar refractivity (Wildman–Crippen MR) is 158 cm³/mol. The van der Waals surface area contributed by atoms with Gasteiger partial charge >= 0.3 is 0 Å². The Morgan fingerprint density at radius 2 is 1.73 bits per heavy atom. The Hall–Kier alpha value is -4.68. The van der Waals surface area contributed by atoms with Crippen molar-refractivity contribution < 1.29 is 19.4 Å². The number of amides is 2. The van der Waals surface area contributed by atoms with Crippen LogP contribution in [0.2, 0.25) is 0 Å². The van der Waals surface area contributed by atoms with E-state index in [4.69, 9.17) is 4.74 Å². The number of phenolic OH excluding ortho intramolecular Hbond substituents is 1. The summed E-state index contributed by atoms with van der Waals surface area (Å²) in [5.41, 5.74) is 5.05. The third kappa shape index (κ3) is 6.14. The normalized spacial score (nSPS) is 14.7. The predicted octanol–water partition coefficient (Wildman–Crippen LogP) is 5.72. The van der Waals surface area contributed by atoms with Gasteiger partial charge in [-0.2, -0.15) is 5.26 Å². The Labute approximate surface area is 237 Å². The topological polar surface area (TPSA) is 123 Å². The van der Waals surface area contributed by atoms with Gasteiger partial charge in [0.25, 0.3) is 5.91 Å². The molecule has 4 rings (SSSR count). The number of ether oxygens (including phenoxy) is 1. The Kier molecular flexibility index (Phi) is 8.82. The van der Waals surface area contributed by atoms with Crippen molar-refractivity contribution in [1.29, 1.82) is 5.26 Å². The summed E-state index contributed by atoms with van der Waals surface area (Å²) >= 11 is 1.19. The molecule has 204 valence electrons. The van der Waals surface area contributed by atoms with Gasteiger partial charge in [-0.3, -0.25) is 9.59 Å². The fourth-order valence-electron chi connectivity index (χ4n) is 4.58. The van der Waals surface area contributed by atoms with Crippen LogP contribution in [0.1, 0.15) is 29.5 Å². The number of aromatic hydroxyl groups is 1. The summed E-state index contributed by atoms with van der Waals surface area (Å²) in [4.78, 5) is 26.5. The fraction of sp³-hybridized carbons (Fsp3) is 0.194. The molecule has 2 amide bonds. The number of para-hydroxylation sites is 2. The highest BCUT2D eigenvalue weighted by Gasteiger charge is 2.35. The first-order chi connectivity index (χ1) is 19.2. The zero-order chi connectivity index (χ0) is 28.8. The molecule has 0 radical (unpaired) electrons. The lowest BCUT2D eigenvalue weighted by molar-refractivity contribution is -0.114. The number of hydrogen-bond acceptors (Lipinski definition) is 7. The maximum Gasteiger partial charge on any atom is 0.254 e. The SMILES string of the molecule is COc1cc([C@@H]2C(C#N)=C(SCC(=O)Nc3c(C)cccc3C)NC(C)=C2C(=O)Nc2ccccc2)ccc1O. The Morgan fingerprint density at radius 3 is 2.38 bits per heavy atom. The van der Waals surface area contributed by atoms with Gasteiger partial charge in [-0.1, -0.05) is 54.2 Å². The molecule has 0 spiro atoms. The molecular weight excluding hydrogens is 524 g/mol. The lowest BCUT2D eigenvalue weighted by Crippen LogP contribution is -2.31. The van der Waals surface area contributed by atoms with Crippen molar-refractivity contribution in [2.45, 2.75) is 26.7 Å². The van der Waals surface area contributed by atoms with E-state index in [9.17, 15) is 20.0 Å². The second-order valence-electron chi connectivity index (χ2n) is 9.31. The summed E-state index contributed by atoms with van der Waals surface area (Å²) in [5, 5.41) is 30.1. The van der Waals surface area contributed by atoms with Crippen molar-refractivity contribution in [3.05, 3.63) is 105 Å². The van der Waals surface area contributed by atoms with Gasteiger partial charge in [-0.25, -0.2) is 0 Å². The molecule has 8 nitrogen and oxygen atoms in total. The number of phenols is 1. The first-order valence-corrected chi connectivity index (χ1v) is 13.6. The molecule has 3 aromatic carbocycles. The van der Waals surface area contributed by atoms with Gasteiger partial charge in [-0.05, 0) is 61.7 Å². The van der Waals surface area contributed by atoms with Gasteiger partial charge in [-0.15, -0.1) is 0 Å². The number of nitrogens with one attached hydrogen (secondary N) is 3. The van der Waals surface area contributed by atoms with E-state index in [1.165, 1.54) is 24.9 Å². The summed E-state index contributed by atoms with van der Waals surface area (Å²) in [7, 11) is 1.43. The Morgan fingerprint density at radius 1 is 1.02 bits per heavy atom. The molecule has 1 aliphatic rings. The van der Waals surface area contributed by atoms with E-state index in [-0.39, 0.29) is 34.6 Å². The van der Waals surface area contributed by atoms with E-state index in [0.29, 0.717) is 27.6 Å². The minimum Gasteiger partial charge on any atom is -0.504 e. The molecule has 9 heteroatoms. The van der Waals surface area contributed by atoms with Crippen LogP contribution in [0.5, 0.6) is 11.5 Å². The zero-order valence-corrected chi connectivity index (χ0v) is 23.5. The molecule has 0 saturated heterocycles. The number of carbonyl (C=O) groups is 2. The molecule has 3 aromatic rings. The average Bonchev–Trinajstić information content (AvgIpc) is 2.94. The monoisotopic (exact) mass is 554 g/mol. The number of methoxy groups -OCH3 is 1. The van der Waals surface area contributed by atoms with Gasteiger partial charge in [0.05, 0.1) is 35.5 Å². The van der Waals surface area contributed by atoms with E-state index in [1.807, 2.05) is 50.2 Å². The van der Waals surface area contributed by atoms with Crippen LogP contribution in [0, 0.1) is 25.2 Å². The number of allylic oxidation sites excluding steroid dienone is 2. The zero-order valence-electron chi connectivity index (χ0n) is 22.7. The molecule has 1 aliphatic heterocycles. The van der Waals surface area contributed by atoms with E-state index in [2.05, 4.69) is 22.0 Å². The van der Waals surface area contributed by atoms with Crippen LogP contribution in [0.4, 0.5) is 11.4 Å². The van der Waals surface area contributed by atoms with Crippen LogP contribution >= 0.6 is 11.8 Å². The number of benzene rings is 3. The number of dihydropyridines is 1. The highest BCUT2D eigenvalue weighted by atomic mass is 32.2. The smallest absolute Gasteiger partial charge is 0.254 e. The lowest BCUT2D eigenvalue weighted by Gasteiger charge is -2.30.